The van der Waals surface area contributed by atoms with Gasteiger partial charge in [-0.15, -0.1) is 0 Å². The highest BCUT2D eigenvalue weighted by atomic mass is 32.1. The van der Waals surface area contributed by atoms with Crippen LogP contribution in [0.15, 0.2) is 67.1 Å². The number of anilines is 3. The molecular weight excluding hydrogens is 443 g/mol. The first kappa shape index (κ1) is 22.2. The van der Waals surface area contributed by atoms with Crippen molar-refractivity contribution in [3.05, 3.63) is 72.7 Å². The van der Waals surface area contributed by atoms with E-state index in [-0.39, 0.29) is 6.01 Å². The van der Waals surface area contributed by atoms with Gasteiger partial charge in [0.05, 0.1) is 23.0 Å². The van der Waals surface area contributed by atoms with E-state index >= 15 is 0 Å². The van der Waals surface area contributed by atoms with E-state index in [0.29, 0.717) is 22.7 Å². The van der Waals surface area contributed by atoms with Crippen molar-refractivity contribution in [2.24, 2.45) is 0 Å². The van der Waals surface area contributed by atoms with Gasteiger partial charge in [-0.2, -0.15) is 0 Å². The maximum Gasteiger partial charge on any atom is 0.323 e. The Morgan fingerprint density at radius 2 is 1.64 bits per heavy atom. The number of thiazole rings is 1. The number of nitrogens with one attached hydrogen (secondary N) is 3. The van der Waals surface area contributed by atoms with Crippen molar-refractivity contribution >= 4 is 33.9 Å². The van der Waals surface area contributed by atoms with E-state index in [1.54, 1.807) is 35.6 Å². The first-order chi connectivity index (χ1) is 16.1. The summed E-state index contributed by atoms with van der Waals surface area (Å²) in [6.07, 6.45) is 4.73. The molecule has 0 saturated carbocycles. The lowest BCUT2D eigenvalue weighted by Gasteiger charge is -2.08. The SMILES string of the molecule is CCNc1ncc(-c2ccc(Oc3ncc(NC(=O)Nc4ccc(CF)cc4)cn3)cc2)s1. The third-order valence-electron chi connectivity index (χ3n) is 4.43. The zero-order chi connectivity index (χ0) is 23.0. The minimum Gasteiger partial charge on any atom is -0.424 e. The molecule has 33 heavy (non-hydrogen) atoms. The third-order valence-corrected chi connectivity index (χ3v) is 5.44. The summed E-state index contributed by atoms with van der Waals surface area (Å²) in [6, 6.07) is 13.7. The molecule has 4 aromatic rings. The molecule has 0 unspecified atom stereocenters. The number of hydrogen-bond donors (Lipinski definition) is 3. The Balaban J connectivity index is 1.31. The van der Waals surface area contributed by atoms with Crippen LogP contribution in [0.2, 0.25) is 0 Å². The van der Waals surface area contributed by atoms with Gasteiger partial charge in [-0.25, -0.2) is 24.1 Å². The maximum absolute atomic E-state index is 12.6. The molecule has 2 amide bonds. The molecule has 10 heteroatoms. The van der Waals surface area contributed by atoms with Gasteiger partial charge in [-0.3, -0.25) is 0 Å². The Morgan fingerprint density at radius 3 is 2.30 bits per heavy atom. The van der Waals surface area contributed by atoms with Gasteiger partial charge < -0.3 is 20.7 Å². The number of carbonyl (C=O) groups excluding carboxylic acids is 1. The minimum absolute atomic E-state index is 0.155. The molecule has 0 bridgehead atoms. The van der Waals surface area contributed by atoms with Crippen LogP contribution < -0.4 is 20.7 Å². The molecule has 8 nitrogen and oxygen atoms in total. The van der Waals surface area contributed by atoms with Gasteiger partial charge in [-0.1, -0.05) is 23.5 Å². The third kappa shape index (κ3) is 6.01. The highest BCUT2D eigenvalue weighted by Gasteiger charge is 2.07. The van der Waals surface area contributed by atoms with E-state index in [1.807, 2.05) is 37.4 Å². The minimum atomic E-state index is -0.550. The van der Waals surface area contributed by atoms with Crippen LogP contribution in [0, 0.1) is 0 Å². The fourth-order valence-electron chi connectivity index (χ4n) is 2.84. The molecule has 0 aliphatic carbocycles. The number of alkyl halides is 1. The molecule has 0 radical (unpaired) electrons. The number of nitrogens with zero attached hydrogens (tertiary/aromatic N) is 3. The quantitative estimate of drug-likeness (QED) is 0.298. The van der Waals surface area contributed by atoms with Crippen molar-refractivity contribution in [3.8, 4) is 22.2 Å². The number of ether oxygens (including phenoxy) is 1. The Morgan fingerprint density at radius 1 is 0.939 bits per heavy atom. The average Bonchev–Trinajstić information content (AvgIpc) is 3.30. The number of rotatable bonds is 8. The van der Waals surface area contributed by atoms with E-state index in [9.17, 15) is 9.18 Å². The predicted octanol–water partition coefficient (Wildman–Crippen LogP) is 5.94. The Kier molecular flexibility index (Phi) is 7.06. The van der Waals surface area contributed by atoms with Crippen LogP contribution in [0.25, 0.3) is 10.4 Å². The summed E-state index contributed by atoms with van der Waals surface area (Å²) in [5.74, 6) is 0.588. The van der Waals surface area contributed by atoms with Crippen molar-refractivity contribution in [2.75, 3.05) is 22.5 Å². The lowest BCUT2D eigenvalue weighted by molar-refractivity contribution is 0.262. The molecule has 0 aliphatic rings. The smallest absolute Gasteiger partial charge is 0.323 e. The number of urea groups is 1. The van der Waals surface area contributed by atoms with Gasteiger partial charge in [0.2, 0.25) is 0 Å². The van der Waals surface area contributed by atoms with Crippen LogP contribution in [-0.2, 0) is 6.67 Å². The monoisotopic (exact) mass is 464 g/mol. The van der Waals surface area contributed by atoms with Crippen LogP contribution in [0.3, 0.4) is 0 Å². The molecule has 0 saturated heterocycles. The summed E-state index contributed by atoms with van der Waals surface area (Å²) in [6.45, 7) is 2.31. The number of aromatic nitrogens is 3. The second kappa shape index (κ2) is 10.5. The molecular formula is C23H21FN6O2S. The zero-order valence-electron chi connectivity index (χ0n) is 17.7. The van der Waals surface area contributed by atoms with Crippen molar-refractivity contribution in [1.29, 1.82) is 0 Å². The summed E-state index contributed by atoms with van der Waals surface area (Å²) < 4.78 is 18.2. The van der Waals surface area contributed by atoms with Gasteiger partial charge >= 0.3 is 12.0 Å². The van der Waals surface area contributed by atoms with Crippen molar-refractivity contribution < 1.29 is 13.9 Å². The first-order valence-corrected chi connectivity index (χ1v) is 11.0. The molecule has 3 N–H and O–H groups in total. The first-order valence-electron chi connectivity index (χ1n) is 10.2. The number of halogens is 1. The van der Waals surface area contributed by atoms with Gasteiger partial charge in [0, 0.05) is 18.4 Å². The number of benzene rings is 2. The summed E-state index contributed by atoms with van der Waals surface area (Å²) in [5, 5.41) is 9.37. The summed E-state index contributed by atoms with van der Waals surface area (Å²) >= 11 is 1.59. The van der Waals surface area contributed by atoms with E-state index in [0.717, 1.165) is 22.1 Å². The van der Waals surface area contributed by atoms with E-state index in [4.69, 9.17) is 4.74 Å². The van der Waals surface area contributed by atoms with Gasteiger partial charge in [0.25, 0.3) is 0 Å². The largest absolute Gasteiger partial charge is 0.424 e. The number of hydrogen-bond acceptors (Lipinski definition) is 7. The second-order valence-corrected chi connectivity index (χ2v) is 7.88. The van der Waals surface area contributed by atoms with Gasteiger partial charge in [0.1, 0.15) is 12.4 Å². The van der Waals surface area contributed by atoms with Gasteiger partial charge in [0.15, 0.2) is 5.13 Å². The summed E-state index contributed by atoms with van der Waals surface area (Å²) in [7, 11) is 0. The number of amides is 2. The number of carbonyl (C=O) groups is 1. The molecule has 0 atom stereocenters. The summed E-state index contributed by atoms with van der Waals surface area (Å²) in [5.41, 5.74) is 2.53. The highest BCUT2D eigenvalue weighted by Crippen LogP contribution is 2.30. The van der Waals surface area contributed by atoms with Crippen molar-refractivity contribution in [2.45, 2.75) is 13.6 Å². The molecule has 2 aromatic carbocycles. The van der Waals surface area contributed by atoms with E-state index in [1.165, 1.54) is 12.4 Å². The van der Waals surface area contributed by atoms with Crippen LogP contribution >= 0.6 is 11.3 Å². The Hall–Kier alpha value is -4.05. The highest BCUT2D eigenvalue weighted by molar-refractivity contribution is 7.18. The normalized spacial score (nSPS) is 10.5. The Bertz CT molecular complexity index is 1200. The Labute approximate surface area is 193 Å². The second-order valence-electron chi connectivity index (χ2n) is 6.85. The standard InChI is InChI=1S/C23H21FN6O2S/c1-2-25-23-28-14-20(33-23)16-5-9-19(10-6-16)32-22-26-12-18(13-27-22)30-21(31)29-17-7-3-15(11-24)4-8-17/h3-10,12-14H,2,11H2,1H3,(H,25,28)(H2,29,30,31). The average molecular weight is 465 g/mol. The van der Waals surface area contributed by atoms with E-state index in [2.05, 4.69) is 30.9 Å². The van der Waals surface area contributed by atoms with Crippen LogP contribution in [0.5, 0.6) is 11.8 Å². The molecule has 2 heterocycles. The maximum atomic E-state index is 12.6. The lowest BCUT2D eigenvalue weighted by Crippen LogP contribution is -2.19. The molecule has 0 aliphatic heterocycles. The molecule has 168 valence electrons. The van der Waals surface area contributed by atoms with Gasteiger partial charge in [-0.05, 0) is 54.4 Å². The van der Waals surface area contributed by atoms with Crippen LogP contribution in [0.1, 0.15) is 12.5 Å². The van der Waals surface area contributed by atoms with Crippen molar-refractivity contribution in [3.63, 3.8) is 0 Å². The topological polar surface area (TPSA) is 101 Å². The molecule has 0 spiro atoms. The lowest BCUT2D eigenvalue weighted by atomic mass is 10.2. The predicted molar refractivity (Wildman–Crippen MR) is 128 cm³/mol. The zero-order valence-corrected chi connectivity index (χ0v) is 18.5. The summed E-state index contributed by atoms with van der Waals surface area (Å²) in [4.78, 5) is 25.8. The fraction of sp³-hybridized carbons (Fsp3) is 0.130. The van der Waals surface area contributed by atoms with Crippen molar-refractivity contribution in [1.82, 2.24) is 15.0 Å². The van der Waals surface area contributed by atoms with Crippen LogP contribution in [-0.4, -0.2) is 27.5 Å². The molecule has 2 aromatic heterocycles. The van der Waals surface area contributed by atoms with Crippen LogP contribution in [0.4, 0.5) is 25.7 Å². The molecule has 4 rings (SSSR count). The van der Waals surface area contributed by atoms with E-state index < -0.39 is 12.7 Å². The fourth-order valence-corrected chi connectivity index (χ4v) is 3.73. The molecule has 0 fully saturated rings.